The normalized spacial score (nSPS) is 11.5. The summed E-state index contributed by atoms with van der Waals surface area (Å²) < 4.78 is 0. The van der Waals surface area contributed by atoms with Crippen molar-refractivity contribution in [2.75, 3.05) is 10.6 Å². The fourth-order valence-corrected chi connectivity index (χ4v) is 4.22. The summed E-state index contributed by atoms with van der Waals surface area (Å²) in [4.78, 5) is 40.9. The molecule has 4 rings (SSSR count). The summed E-state index contributed by atoms with van der Waals surface area (Å²) in [6.45, 7) is 5.66. The van der Waals surface area contributed by atoms with Gasteiger partial charge in [-0.05, 0) is 56.2 Å². The van der Waals surface area contributed by atoms with Crippen molar-refractivity contribution in [3.05, 3.63) is 99.8 Å². The van der Waals surface area contributed by atoms with Crippen LogP contribution in [-0.4, -0.2) is 32.2 Å². The molecule has 0 aliphatic rings. The summed E-state index contributed by atoms with van der Waals surface area (Å²) in [7, 11) is 0. The Morgan fingerprint density at radius 3 is 2.31 bits per heavy atom. The molecule has 0 saturated carbocycles. The van der Waals surface area contributed by atoms with E-state index in [0.717, 1.165) is 28.6 Å². The summed E-state index contributed by atoms with van der Waals surface area (Å²) in [5, 5.41) is 13.7. The predicted molar refractivity (Wildman–Crippen MR) is 142 cm³/mol. The third-order valence-corrected chi connectivity index (χ3v) is 6.64. The average Bonchev–Trinajstić information content (AvgIpc) is 2.88. The molecule has 4 aromatic rings. The number of aryl methyl sites for hydroxylation is 1. The van der Waals surface area contributed by atoms with Crippen LogP contribution in [-0.2, 0) is 4.79 Å². The van der Waals surface area contributed by atoms with Crippen molar-refractivity contribution >= 4 is 35.0 Å². The molecule has 0 unspecified atom stereocenters. The summed E-state index contributed by atoms with van der Waals surface area (Å²) in [6.07, 6.45) is 0. The van der Waals surface area contributed by atoms with Crippen molar-refractivity contribution in [1.82, 2.24) is 15.2 Å². The van der Waals surface area contributed by atoms with Gasteiger partial charge in [-0.15, -0.1) is 10.2 Å². The zero-order valence-corrected chi connectivity index (χ0v) is 20.8. The average molecular weight is 500 g/mol. The number of thioether (sulfide) groups is 1. The molecule has 0 bridgehead atoms. The van der Waals surface area contributed by atoms with Crippen molar-refractivity contribution in [3.8, 4) is 11.3 Å². The maximum Gasteiger partial charge on any atom is 0.278 e. The number of H-pyrrole nitrogens is 1. The van der Waals surface area contributed by atoms with E-state index in [0.29, 0.717) is 16.8 Å². The molecular formula is C27H25N5O3S. The Balaban J connectivity index is 1.50. The molecule has 3 N–H and O–H groups in total. The first-order valence-electron chi connectivity index (χ1n) is 11.3. The first kappa shape index (κ1) is 24.9. The first-order valence-corrected chi connectivity index (χ1v) is 12.2. The number of amides is 2. The lowest BCUT2D eigenvalue weighted by molar-refractivity contribution is -0.115. The van der Waals surface area contributed by atoms with E-state index in [1.165, 1.54) is 0 Å². The van der Waals surface area contributed by atoms with Crippen LogP contribution in [0.1, 0.15) is 28.4 Å². The highest BCUT2D eigenvalue weighted by molar-refractivity contribution is 8.00. The molecule has 8 nitrogen and oxygen atoms in total. The number of nitrogens with zero attached hydrogens (tertiary/aromatic N) is 2. The van der Waals surface area contributed by atoms with Crippen LogP contribution < -0.4 is 16.2 Å². The van der Waals surface area contributed by atoms with Crippen LogP contribution in [0.5, 0.6) is 0 Å². The van der Waals surface area contributed by atoms with Gasteiger partial charge in [-0.1, -0.05) is 60.3 Å². The molecular weight excluding hydrogens is 474 g/mol. The number of hydrogen-bond acceptors (Lipinski definition) is 6. The third-order valence-electron chi connectivity index (χ3n) is 5.66. The van der Waals surface area contributed by atoms with Crippen LogP contribution in [0.2, 0.25) is 0 Å². The Bertz CT molecular complexity index is 1470. The number of benzene rings is 3. The van der Waals surface area contributed by atoms with Gasteiger partial charge in [0, 0.05) is 16.8 Å². The second-order valence-corrected chi connectivity index (χ2v) is 9.50. The van der Waals surface area contributed by atoms with Gasteiger partial charge in [0.1, 0.15) is 0 Å². The molecule has 0 saturated heterocycles. The van der Waals surface area contributed by atoms with Crippen LogP contribution in [0, 0.1) is 13.8 Å². The van der Waals surface area contributed by atoms with E-state index in [-0.39, 0.29) is 22.7 Å². The number of rotatable bonds is 7. The van der Waals surface area contributed by atoms with Crippen LogP contribution in [0.3, 0.4) is 0 Å². The minimum atomic E-state index is -0.529. The highest BCUT2D eigenvalue weighted by atomic mass is 32.2. The van der Waals surface area contributed by atoms with Crippen LogP contribution in [0.15, 0.2) is 82.7 Å². The largest absolute Gasteiger partial charge is 0.325 e. The first-order chi connectivity index (χ1) is 17.3. The van der Waals surface area contributed by atoms with Crippen LogP contribution in [0.4, 0.5) is 11.4 Å². The van der Waals surface area contributed by atoms with Gasteiger partial charge in [-0.25, -0.2) is 0 Å². The molecule has 9 heteroatoms. The van der Waals surface area contributed by atoms with Gasteiger partial charge >= 0.3 is 0 Å². The molecule has 1 heterocycles. The van der Waals surface area contributed by atoms with Gasteiger partial charge in [0.05, 0.1) is 10.9 Å². The zero-order valence-electron chi connectivity index (χ0n) is 20.0. The monoisotopic (exact) mass is 499 g/mol. The number of carbonyl (C=O) groups excluding carboxylic acids is 2. The number of para-hydroxylation sites is 1. The lowest BCUT2D eigenvalue weighted by Crippen LogP contribution is -2.24. The summed E-state index contributed by atoms with van der Waals surface area (Å²) in [5.41, 5.74) is 3.79. The minimum absolute atomic E-state index is 0.0656. The number of nitrogens with one attached hydrogen (secondary N) is 3. The lowest BCUT2D eigenvalue weighted by Gasteiger charge is -2.14. The summed E-state index contributed by atoms with van der Waals surface area (Å²) >= 11 is 1.10. The molecule has 36 heavy (non-hydrogen) atoms. The Labute approximate surface area is 212 Å². The Morgan fingerprint density at radius 2 is 1.56 bits per heavy atom. The fraction of sp³-hybridized carbons (Fsp3) is 0.148. The van der Waals surface area contributed by atoms with E-state index in [4.69, 9.17) is 0 Å². The van der Waals surface area contributed by atoms with Gasteiger partial charge in [0.2, 0.25) is 5.91 Å². The van der Waals surface area contributed by atoms with Gasteiger partial charge in [0.15, 0.2) is 10.9 Å². The van der Waals surface area contributed by atoms with E-state index in [9.17, 15) is 14.4 Å². The maximum absolute atomic E-state index is 12.9. The molecule has 1 aromatic heterocycles. The molecule has 3 aromatic carbocycles. The number of anilines is 2. The zero-order chi connectivity index (χ0) is 25.7. The SMILES string of the molecule is Cc1cccc(NC(=O)[C@H](C)Sc2nnc(-c3ccccc3NC(=O)c3ccccc3)c(=O)[nH]2)c1C. The number of aromatic nitrogens is 3. The van der Waals surface area contributed by atoms with E-state index < -0.39 is 10.8 Å². The molecule has 0 spiro atoms. The van der Waals surface area contributed by atoms with Crippen molar-refractivity contribution in [3.63, 3.8) is 0 Å². The third kappa shape index (κ3) is 5.69. The van der Waals surface area contributed by atoms with E-state index in [2.05, 4.69) is 25.8 Å². The Kier molecular flexibility index (Phi) is 7.60. The summed E-state index contributed by atoms with van der Waals surface area (Å²) in [5.74, 6) is -0.516. The predicted octanol–water partition coefficient (Wildman–Crippen LogP) is 4.82. The Hall–Kier alpha value is -4.24. The summed E-state index contributed by atoms with van der Waals surface area (Å²) in [6, 6.07) is 21.4. The highest BCUT2D eigenvalue weighted by Crippen LogP contribution is 2.26. The Morgan fingerprint density at radius 1 is 0.861 bits per heavy atom. The van der Waals surface area contributed by atoms with E-state index >= 15 is 0 Å². The standard InChI is InChI=1S/C27H25N5O3S/c1-16-10-9-15-21(17(16)2)28-24(33)18(3)36-27-30-26(35)23(31-32-27)20-13-7-8-14-22(20)29-25(34)19-11-5-4-6-12-19/h4-15,18H,1-3H3,(H,28,33)(H,29,34)(H,30,32,35)/t18-/m0/s1. The fourth-order valence-electron chi connectivity index (χ4n) is 3.48. The van der Waals surface area contributed by atoms with Gasteiger partial charge in [-0.2, -0.15) is 0 Å². The molecule has 0 fully saturated rings. The quantitative estimate of drug-likeness (QED) is 0.314. The molecule has 0 radical (unpaired) electrons. The highest BCUT2D eigenvalue weighted by Gasteiger charge is 2.19. The molecule has 2 amide bonds. The lowest BCUT2D eigenvalue weighted by atomic mass is 10.1. The topological polar surface area (TPSA) is 117 Å². The van der Waals surface area contributed by atoms with Crippen molar-refractivity contribution in [2.24, 2.45) is 0 Å². The molecule has 182 valence electrons. The number of aromatic amines is 1. The van der Waals surface area contributed by atoms with Crippen molar-refractivity contribution < 1.29 is 9.59 Å². The van der Waals surface area contributed by atoms with E-state index in [1.807, 2.05) is 38.1 Å². The van der Waals surface area contributed by atoms with Crippen LogP contribution in [0.25, 0.3) is 11.3 Å². The van der Waals surface area contributed by atoms with Crippen LogP contribution >= 0.6 is 11.8 Å². The molecule has 1 atom stereocenters. The maximum atomic E-state index is 12.9. The van der Waals surface area contributed by atoms with Gasteiger partial charge < -0.3 is 10.6 Å². The van der Waals surface area contributed by atoms with Gasteiger partial charge in [-0.3, -0.25) is 19.4 Å². The second-order valence-electron chi connectivity index (χ2n) is 8.17. The van der Waals surface area contributed by atoms with E-state index in [1.54, 1.807) is 55.5 Å². The second kappa shape index (κ2) is 11.0. The molecule has 0 aliphatic heterocycles. The van der Waals surface area contributed by atoms with Crippen molar-refractivity contribution in [2.45, 2.75) is 31.2 Å². The van der Waals surface area contributed by atoms with Crippen molar-refractivity contribution in [1.29, 1.82) is 0 Å². The smallest absolute Gasteiger partial charge is 0.278 e. The molecule has 0 aliphatic carbocycles. The number of hydrogen-bond donors (Lipinski definition) is 3. The number of carbonyl (C=O) groups is 2. The minimum Gasteiger partial charge on any atom is -0.325 e. The van der Waals surface area contributed by atoms with Gasteiger partial charge in [0.25, 0.3) is 11.5 Å².